The van der Waals surface area contributed by atoms with Crippen LogP contribution < -0.4 is 5.32 Å². The van der Waals surface area contributed by atoms with Crippen LogP contribution in [0.15, 0.2) is 61.1 Å². The molecule has 0 bridgehead atoms. The van der Waals surface area contributed by atoms with Crippen molar-refractivity contribution in [1.29, 1.82) is 5.26 Å². The van der Waals surface area contributed by atoms with Crippen molar-refractivity contribution < 1.29 is 4.79 Å². The monoisotopic (exact) mass is 397 g/mol. The van der Waals surface area contributed by atoms with Gasteiger partial charge >= 0.3 is 0 Å². The molecule has 4 aromatic rings. The van der Waals surface area contributed by atoms with E-state index < -0.39 is 0 Å². The van der Waals surface area contributed by atoms with E-state index in [1.807, 2.05) is 43.5 Å². The molecule has 0 radical (unpaired) electrons. The second-order valence-corrected chi connectivity index (χ2v) is 6.77. The maximum absolute atomic E-state index is 12.4. The van der Waals surface area contributed by atoms with Gasteiger partial charge in [0.2, 0.25) is 0 Å². The number of amides is 1. The SMILES string of the molecule is Cc1cc(-c2ccn(CCNC(=O)c3cc(-c4cccnc4)n[nH]3)n2)ccc1C#N. The Balaban J connectivity index is 1.34. The van der Waals surface area contributed by atoms with Gasteiger partial charge in [-0.2, -0.15) is 15.5 Å². The van der Waals surface area contributed by atoms with Crippen molar-refractivity contribution >= 4 is 5.91 Å². The molecule has 0 aliphatic rings. The number of nitrogens with zero attached hydrogens (tertiary/aromatic N) is 5. The molecule has 4 rings (SSSR count). The average Bonchev–Trinajstić information content (AvgIpc) is 3.44. The lowest BCUT2D eigenvalue weighted by Crippen LogP contribution is -2.27. The van der Waals surface area contributed by atoms with Gasteiger partial charge in [0, 0.05) is 36.3 Å². The van der Waals surface area contributed by atoms with E-state index in [-0.39, 0.29) is 5.91 Å². The number of aromatic amines is 1. The number of nitrogens with one attached hydrogen (secondary N) is 2. The Hall–Kier alpha value is -4.25. The van der Waals surface area contributed by atoms with E-state index in [2.05, 4.69) is 31.7 Å². The van der Waals surface area contributed by atoms with E-state index in [0.717, 1.165) is 22.4 Å². The first-order valence-electron chi connectivity index (χ1n) is 9.42. The topological polar surface area (TPSA) is 112 Å². The lowest BCUT2D eigenvalue weighted by Gasteiger charge is -2.04. The smallest absolute Gasteiger partial charge is 0.269 e. The minimum Gasteiger partial charge on any atom is -0.349 e. The maximum atomic E-state index is 12.4. The zero-order chi connectivity index (χ0) is 20.9. The van der Waals surface area contributed by atoms with Gasteiger partial charge < -0.3 is 5.32 Å². The summed E-state index contributed by atoms with van der Waals surface area (Å²) in [6.45, 7) is 2.86. The molecule has 0 aliphatic heterocycles. The molecule has 8 heteroatoms. The first-order chi connectivity index (χ1) is 14.6. The number of pyridine rings is 1. The van der Waals surface area contributed by atoms with Gasteiger partial charge in [0.05, 0.1) is 29.6 Å². The number of carbonyl (C=O) groups excluding carboxylic acids is 1. The number of nitriles is 1. The third-order valence-corrected chi connectivity index (χ3v) is 4.69. The van der Waals surface area contributed by atoms with Gasteiger partial charge in [0.25, 0.3) is 5.91 Å². The minimum absolute atomic E-state index is 0.229. The maximum Gasteiger partial charge on any atom is 0.269 e. The van der Waals surface area contributed by atoms with Crippen molar-refractivity contribution in [1.82, 2.24) is 30.3 Å². The van der Waals surface area contributed by atoms with Crippen LogP contribution in [0.5, 0.6) is 0 Å². The van der Waals surface area contributed by atoms with Crippen LogP contribution in [0.1, 0.15) is 21.6 Å². The third-order valence-electron chi connectivity index (χ3n) is 4.69. The molecular weight excluding hydrogens is 378 g/mol. The summed E-state index contributed by atoms with van der Waals surface area (Å²) < 4.78 is 1.77. The summed E-state index contributed by atoms with van der Waals surface area (Å²) in [4.78, 5) is 16.4. The van der Waals surface area contributed by atoms with E-state index in [9.17, 15) is 4.79 Å². The van der Waals surface area contributed by atoms with Crippen molar-refractivity contribution in [3.8, 4) is 28.6 Å². The van der Waals surface area contributed by atoms with Crippen LogP contribution in [0.4, 0.5) is 0 Å². The summed E-state index contributed by atoms with van der Waals surface area (Å²) >= 11 is 0. The highest BCUT2D eigenvalue weighted by Gasteiger charge is 2.11. The van der Waals surface area contributed by atoms with Crippen molar-refractivity contribution in [3.05, 3.63) is 77.9 Å². The third kappa shape index (κ3) is 4.10. The quantitative estimate of drug-likeness (QED) is 0.519. The van der Waals surface area contributed by atoms with E-state index in [4.69, 9.17) is 5.26 Å². The first-order valence-corrected chi connectivity index (χ1v) is 9.42. The van der Waals surface area contributed by atoms with E-state index >= 15 is 0 Å². The predicted molar refractivity (Wildman–Crippen MR) is 111 cm³/mol. The Bertz CT molecular complexity index is 1220. The summed E-state index contributed by atoms with van der Waals surface area (Å²) in [5, 5.41) is 23.4. The average molecular weight is 397 g/mol. The molecule has 148 valence electrons. The van der Waals surface area contributed by atoms with Crippen LogP contribution in [0.2, 0.25) is 0 Å². The fraction of sp³-hybridized carbons (Fsp3) is 0.136. The number of aromatic nitrogens is 5. The van der Waals surface area contributed by atoms with Crippen LogP contribution >= 0.6 is 0 Å². The first kappa shape index (κ1) is 19.1. The molecule has 8 nitrogen and oxygen atoms in total. The number of hydrogen-bond acceptors (Lipinski definition) is 5. The molecule has 0 spiro atoms. The number of hydrogen-bond donors (Lipinski definition) is 2. The highest BCUT2D eigenvalue weighted by atomic mass is 16.1. The van der Waals surface area contributed by atoms with Crippen molar-refractivity contribution in [2.45, 2.75) is 13.5 Å². The molecule has 0 atom stereocenters. The zero-order valence-corrected chi connectivity index (χ0v) is 16.3. The van der Waals surface area contributed by atoms with Crippen LogP contribution in [0, 0.1) is 18.3 Å². The Morgan fingerprint density at radius 3 is 2.87 bits per heavy atom. The van der Waals surface area contributed by atoms with Crippen molar-refractivity contribution in [2.75, 3.05) is 6.54 Å². The van der Waals surface area contributed by atoms with Crippen LogP contribution in [-0.2, 0) is 6.54 Å². The van der Waals surface area contributed by atoms with Gasteiger partial charge in [-0.05, 0) is 48.9 Å². The fourth-order valence-electron chi connectivity index (χ4n) is 3.07. The molecule has 2 N–H and O–H groups in total. The van der Waals surface area contributed by atoms with Gasteiger partial charge in [-0.15, -0.1) is 0 Å². The van der Waals surface area contributed by atoms with E-state index in [0.29, 0.717) is 30.0 Å². The van der Waals surface area contributed by atoms with Gasteiger partial charge in [-0.1, -0.05) is 6.07 Å². The fourth-order valence-corrected chi connectivity index (χ4v) is 3.07. The van der Waals surface area contributed by atoms with Crippen molar-refractivity contribution in [3.63, 3.8) is 0 Å². The number of carbonyl (C=O) groups is 1. The normalized spacial score (nSPS) is 10.5. The molecule has 0 unspecified atom stereocenters. The molecule has 3 heterocycles. The molecule has 1 amide bonds. The number of aryl methyl sites for hydroxylation is 1. The summed E-state index contributed by atoms with van der Waals surface area (Å²) in [6.07, 6.45) is 5.25. The Morgan fingerprint density at radius 2 is 2.10 bits per heavy atom. The summed E-state index contributed by atoms with van der Waals surface area (Å²) in [6, 6.07) is 15.1. The highest BCUT2D eigenvalue weighted by Crippen LogP contribution is 2.20. The Labute approximate surface area is 173 Å². The van der Waals surface area contributed by atoms with Gasteiger partial charge in [0.1, 0.15) is 5.69 Å². The summed E-state index contributed by atoms with van der Waals surface area (Å²) in [5.41, 5.74) is 5.26. The predicted octanol–water partition coefficient (Wildman–Crippen LogP) is 2.95. The molecule has 0 saturated heterocycles. The minimum atomic E-state index is -0.229. The van der Waals surface area contributed by atoms with Gasteiger partial charge in [-0.25, -0.2) is 0 Å². The molecule has 0 saturated carbocycles. The molecule has 0 fully saturated rings. The molecule has 3 aromatic heterocycles. The standard InChI is InChI=1S/C22H19N7O/c1-15-11-16(4-5-17(15)13-23)19-6-9-29(28-19)10-8-25-22(30)21-12-20(26-27-21)18-3-2-7-24-14-18/h2-7,9,11-12,14H,8,10H2,1H3,(H,25,30)(H,26,27). The number of benzene rings is 1. The molecule has 30 heavy (non-hydrogen) atoms. The van der Waals surface area contributed by atoms with E-state index in [1.54, 1.807) is 29.2 Å². The molecular formula is C22H19N7O. The van der Waals surface area contributed by atoms with Crippen molar-refractivity contribution in [2.24, 2.45) is 0 Å². The summed E-state index contributed by atoms with van der Waals surface area (Å²) in [7, 11) is 0. The van der Waals surface area contributed by atoms with Crippen LogP contribution in [0.3, 0.4) is 0 Å². The van der Waals surface area contributed by atoms with Crippen LogP contribution in [-0.4, -0.2) is 37.4 Å². The number of H-pyrrole nitrogens is 1. The van der Waals surface area contributed by atoms with E-state index in [1.165, 1.54) is 0 Å². The second kappa shape index (κ2) is 8.41. The van der Waals surface area contributed by atoms with Crippen LogP contribution in [0.25, 0.3) is 22.5 Å². The molecule has 0 aliphatic carbocycles. The Morgan fingerprint density at radius 1 is 1.20 bits per heavy atom. The summed E-state index contributed by atoms with van der Waals surface area (Å²) in [5.74, 6) is -0.229. The highest BCUT2D eigenvalue weighted by molar-refractivity contribution is 5.93. The Kier molecular flexibility index (Phi) is 5.35. The lowest BCUT2D eigenvalue weighted by molar-refractivity contribution is 0.0947. The second-order valence-electron chi connectivity index (χ2n) is 6.77. The molecule has 1 aromatic carbocycles. The lowest BCUT2D eigenvalue weighted by atomic mass is 10.0. The number of rotatable bonds is 6. The van der Waals surface area contributed by atoms with Gasteiger partial charge in [0.15, 0.2) is 0 Å². The largest absolute Gasteiger partial charge is 0.349 e. The zero-order valence-electron chi connectivity index (χ0n) is 16.3. The van der Waals surface area contributed by atoms with Gasteiger partial charge in [-0.3, -0.25) is 19.6 Å².